The molecule has 2 N–H and O–H groups in total. The summed E-state index contributed by atoms with van der Waals surface area (Å²) in [6, 6.07) is 7.11. The van der Waals surface area contributed by atoms with E-state index >= 15 is 8.78 Å². The first-order chi connectivity index (χ1) is 19.6. The molecule has 2 heterocycles. The first-order valence-corrected chi connectivity index (χ1v) is 13.1. The third-order valence-electron chi connectivity index (χ3n) is 6.75. The Hall–Kier alpha value is -4.03. The minimum absolute atomic E-state index is 0.0484. The lowest BCUT2D eigenvalue weighted by atomic mass is 9.84. The van der Waals surface area contributed by atoms with Crippen LogP contribution in [-0.2, 0) is 26.1 Å². The van der Waals surface area contributed by atoms with Gasteiger partial charge in [-0.15, -0.1) is 0 Å². The van der Waals surface area contributed by atoms with E-state index in [0.29, 0.717) is 30.9 Å². The van der Waals surface area contributed by atoms with Gasteiger partial charge in [0.1, 0.15) is 23.4 Å². The molecule has 220 valence electrons. The monoisotopic (exact) mass is 573 g/mol. The molecule has 0 unspecified atom stereocenters. The van der Waals surface area contributed by atoms with Crippen molar-refractivity contribution in [1.29, 1.82) is 0 Å². The van der Waals surface area contributed by atoms with E-state index in [1.807, 2.05) is 6.92 Å². The van der Waals surface area contributed by atoms with Crippen molar-refractivity contribution in [2.45, 2.75) is 38.6 Å². The normalized spacial score (nSPS) is 15.0. The Kier molecular flexibility index (Phi) is 9.24. The Morgan fingerprint density at radius 1 is 1.17 bits per heavy atom. The van der Waals surface area contributed by atoms with Crippen molar-refractivity contribution in [2.24, 2.45) is 0 Å². The molecule has 1 aromatic heterocycles. The van der Waals surface area contributed by atoms with Crippen molar-refractivity contribution >= 4 is 17.5 Å². The van der Waals surface area contributed by atoms with Gasteiger partial charge in [-0.25, -0.2) is 8.78 Å². The Morgan fingerprint density at radius 2 is 1.90 bits per heavy atom. The molecule has 0 spiro atoms. The van der Waals surface area contributed by atoms with Gasteiger partial charge in [-0.1, -0.05) is 19.9 Å². The largest absolute Gasteiger partial charge is 0.494 e. The summed E-state index contributed by atoms with van der Waals surface area (Å²) in [5, 5.41) is 15.5. The van der Waals surface area contributed by atoms with E-state index in [1.54, 1.807) is 32.0 Å². The van der Waals surface area contributed by atoms with Gasteiger partial charge in [0.2, 0.25) is 5.76 Å². The maximum Gasteiger partial charge on any atom is 0.293 e. The summed E-state index contributed by atoms with van der Waals surface area (Å²) >= 11 is 0. The topological polar surface area (TPSA) is 123 Å². The highest BCUT2D eigenvalue weighted by atomic mass is 19.1. The fourth-order valence-electron chi connectivity index (χ4n) is 4.91. The van der Waals surface area contributed by atoms with Gasteiger partial charge in [0.25, 0.3) is 17.7 Å². The lowest BCUT2D eigenvalue weighted by Gasteiger charge is -2.36. The highest BCUT2D eigenvalue weighted by Crippen LogP contribution is 2.36. The number of anilines is 1. The fourth-order valence-corrected chi connectivity index (χ4v) is 4.91. The Balaban J connectivity index is 1.63. The molecule has 1 atom stereocenters. The summed E-state index contributed by atoms with van der Waals surface area (Å²) in [6.45, 7) is 6.40. The predicted octanol–water partition coefficient (Wildman–Crippen LogP) is 4.38. The van der Waals surface area contributed by atoms with Crippen molar-refractivity contribution < 1.29 is 42.2 Å². The van der Waals surface area contributed by atoms with Crippen molar-refractivity contribution in [3.8, 4) is 11.6 Å². The summed E-state index contributed by atoms with van der Waals surface area (Å²) in [7, 11) is 1.53. The lowest BCUT2D eigenvalue weighted by molar-refractivity contribution is -0.121. The molecule has 12 heteroatoms. The molecular formula is C29H33F2N3O7. The number of amides is 2. The van der Waals surface area contributed by atoms with Crippen LogP contribution in [0.4, 0.5) is 14.5 Å². The second kappa shape index (κ2) is 12.6. The maximum absolute atomic E-state index is 15.3. The molecule has 41 heavy (non-hydrogen) atoms. The maximum atomic E-state index is 15.3. The molecule has 0 fully saturated rings. The van der Waals surface area contributed by atoms with Gasteiger partial charge in [-0.05, 0) is 53.9 Å². The van der Waals surface area contributed by atoms with Crippen molar-refractivity contribution in [3.05, 3.63) is 70.5 Å². The minimum atomic E-state index is -1.18. The zero-order chi connectivity index (χ0) is 29.7. The summed E-state index contributed by atoms with van der Waals surface area (Å²) in [5.74, 6) is -3.20. The van der Waals surface area contributed by atoms with Crippen LogP contribution >= 0.6 is 0 Å². The summed E-state index contributed by atoms with van der Waals surface area (Å²) in [4.78, 5) is 28.2. The van der Waals surface area contributed by atoms with Crippen LogP contribution in [0.25, 0.3) is 0 Å². The number of benzene rings is 2. The number of methoxy groups -OCH3 is 1. The molecule has 10 nitrogen and oxygen atoms in total. The number of ether oxygens (including phenoxy) is 3. The van der Waals surface area contributed by atoms with Crippen LogP contribution in [0, 0.1) is 11.6 Å². The second-order valence-corrected chi connectivity index (χ2v) is 10.2. The van der Waals surface area contributed by atoms with Gasteiger partial charge in [0.05, 0.1) is 32.5 Å². The van der Waals surface area contributed by atoms with Crippen LogP contribution in [0.1, 0.15) is 54.1 Å². The van der Waals surface area contributed by atoms with E-state index in [1.165, 1.54) is 12.0 Å². The van der Waals surface area contributed by atoms with Crippen LogP contribution in [0.5, 0.6) is 11.6 Å². The average molecular weight is 574 g/mol. The van der Waals surface area contributed by atoms with Gasteiger partial charge in [-0.3, -0.25) is 9.59 Å². The Bertz CT molecular complexity index is 1390. The van der Waals surface area contributed by atoms with Gasteiger partial charge < -0.3 is 34.1 Å². The van der Waals surface area contributed by atoms with Crippen LogP contribution < -0.4 is 10.1 Å². The van der Waals surface area contributed by atoms with Gasteiger partial charge in [-0.2, -0.15) is 0 Å². The third kappa shape index (κ3) is 6.66. The summed E-state index contributed by atoms with van der Waals surface area (Å²) in [5.41, 5.74) is -0.00437. The molecule has 0 bridgehead atoms. The lowest BCUT2D eigenvalue weighted by Crippen LogP contribution is -2.45. The first kappa shape index (κ1) is 29.9. The molecule has 1 aliphatic heterocycles. The van der Waals surface area contributed by atoms with Gasteiger partial charge in [0.15, 0.2) is 0 Å². The quantitative estimate of drug-likeness (QED) is 0.324. The molecule has 3 aromatic rings. The number of fused-ring (bicyclic) bond motifs is 1. The summed E-state index contributed by atoms with van der Waals surface area (Å²) in [6.07, 6.45) is 0.408. The first-order valence-electron chi connectivity index (χ1n) is 13.1. The molecular weight excluding hydrogens is 540 g/mol. The number of carbonyl (C=O) groups is 2. The van der Waals surface area contributed by atoms with E-state index in [9.17, 15) is 14.7 Å². The van der Waals surface area contributed by atoms with Crippen molar-refractivity contribution in [2.75, 3.05) is 45.4 Å². The standard InChI is InChI=1S/C29H33F2N3O7/c1-5-40-19-6-7-20-17(12-19)8-9-34(28(37)23-15-24(35)33-41-23)26(20)27(36)32-18-13-21(30)25(22(31)14-18)29(2,3)16-39-11-10-38-4/h6-7,12-15,26H,5,8-11,16H2,1-4H3,(H,32,36)(H,33,35)/t26-/m1/s1. The number of aromatic nitrogens is 1. The molecule has 1 aliphatic rings. The molecule has 0 radical (unpaired) electrons. The van der Waals surface area contributed by atoms with Crippen LogP contribution in [0.2, 0.25) is 0 Å². The number of nitrogens with one attached hydrogen (secondary N) is 1. The SMILES string of the molecule is CCOc1ccc2c(c1)CCN(C(=O)c1cc(O)no1)[C@H]2C(=O)Nc1cc(F)c(C(C)(C)COCCOC)c(F)c1. The fraction of sp³-hybridized carbons (Fsp3) is 0.414. The number of halogens is 2. The minimum Gasteiger partial charge on any atom is -0.494 e. The number of hydrogen-bond donors (Lipinski definition) is 2. The Labute approximate surface area is 236 Å². The molecule has 0 saturated heterocycles. The highest BCUT2D eigenvalue weighted by Gasteiger charge is 2.38. The molecule has 2 aromatic carbocycles. The molecule has 0 saturated carbocycles. The zero-order valence-electron chi connectivity index (χ0n) is 23.3. The molecule has 2 amide bonds. The molecule has 0 aliphatic carbocycles. The average Bonchev–Trinajstić information content (AvgIpc) is 3.35. The highest BCUT2D eigenvalue weighted by molar-refractivity contribution is 6.01. The van der Waals surface area contributed by atoms with Crippen LogP contribution in [0.15, 0.2) is 40.9 Å². The van der Waals surface area contributed by atoms with E-state index in [0.717, 1.165) is 23.8 Å². The van der Waals surface area contributed by atoms with E-state index in [2.05, 4.69) is 10.5 Å². The number of rotatable bonds is 11. The number of hydrogen-bond acceptors (Lipinski definition) is 8. The molecule has 4 rings (SSSR count). The summed E-state index contributed by atoms with van der Waals surface area (Å²) < 4.78 is 51.5. The van der Waals surface area contributed by atoms with E-state index in [4.69, 9.17) is 18.7 Å². The predicted molar refractivity (Wildman–Crippen MR) is 144 cm³/mol. The zero-order valence-corrected chi connectivity index (χ0v) is 23.3. The van der Waals surface area contributed by atoms with Gasteiger partial charge in [0, 0.05) is 30.3 Å². The van der Waals surface area contributed by atoms with Crippen molar-refractivity contribution in [3.63, 3.8) is 0 Å². The van der Waals surface area contributed by atoms with Crippen LogP contribution in [-0.4, -0.2) is 67.1 Å². The Morgan fingerprint density at radius 3 is 2.54 bits per heavy atom. The van der Waals surface area contributed by atoms with E-state index < -0.39 is 40.8 Å². The second-order valence-electron chi connectivity index (χ2n) is 10.2. The number of nitrogens with zero attached hydrogens (tertiary/aromatic N) is 2. The number of carbonyl (C=O) groups excluding carboxylic acids is 2. The van der Waals surface area contributed by atoms with Crippen molar-refractivity contribution in [1.82, 2.24) is 10.1 Å². The van der Waals surface area contributed by atoms with E-state index in [-0.39, 0.29) is 36.8 Å². The van der Waals surface area contributed by atoms with Crippen LogP contribution in [0.3, 0.4) is 0 Å². The third-order valence-corrected chi connectivity index (χ3v) is 6.75. The van der Waals surface area contributed by atoms with Gasteiger partial charge >= 0.3 is 0 Å². The number of aromatic hydroxyl groups is 1. The smallest absolute Gasteiger partial charge is 0.293 e.